The van der Waals surface area contributed by atoms with Gasteiger partial charge in [-0.25, -0.2) is 21.6 Å². The molecule has 0 bridgehead atoms. The van der Waals surface area contributed by atoms with Crippen LogP contribution in [-0.2, 0) is 14.8 Å². The first-order chi connectivity index (χ1) is 10.3. The largest absolute Gasteiger partial charge is 0.381 e. The van der Waals surface area contributed by atoms with Gasteiger partial charge in [-0.2, -0.15) is 4.31 Å². The van der Waals surface area contributed by atoms with Crippen LogP contribution in [-0.4, -0.2) is 45.1 Å². The highest BCUT2D eigenvalue weighted by Crippen LogP contribution is 2.29. The van der Waals surface area contributed by atoms with E-state index in [9.17, 15) is 21.6 Å². The van der Waals surface area contributed by atoms with E-state index in [2.05, 4.69) is 0 Å². The van der Waals surface area contributed by atoms with Crippen LogP contribution in [0.25, 0.3) is 0 Å². The van der Waals surface area contributed by atoms with E-state index in [1.807, 2.05) is 0 Å². The Bertz CT molecular complexity index is 660. The molecule has 2 atom stereocenters. The molecular formula is C13H18ClF3N2O3S. The number of piperidine rings is 1. The van der Waals surface area contributed by atoms with Crippen molar-refractivity contribution in [3.05, 3.63) is 29.6 Å². The highest BCUT2D eigenvalue weighted by Gasteiger charge is 2.38. The lowest BCUT2D eigenvalue weighted by atomic mass is 10.0. The number of methoxy groups -OCH3 is 1. The van der Waals surface area contributed by atoms with Gasteiger partial charge < -0.3 is 10.5 Å². The maximum atomic E-state index is 13.8. The summed E-state index contributed by atoms with van der Waals surface area (Å²) in [6, 6.07) is 0.722. The molecule has 0 aromatic heterocycles. The van der Waals surface area contributed by atoms with E-state index in [-0.39, 0.29) is 31.6 Å². The standard InChI is InChI=1S/C13H17F3N2O3S.ClH/c1-21-9-4-5-18(8(6-9)7-17)22(19,20)11-3-2-10(14)12(15)13(11)16;/h2-3,8-9H,4-7,17H2,1H3;1H. The predicted octanol–water partition coefficient (Wildman–Crippen LogP) is 1.65. The van der Waals surface area contributed by atoms with Gasteiger partial charge in [-0.15, -0.1) is 12.4 Å². The van der Waals surface area contributed by atoms with E-state index in [1.165, 1.54) is 7.11 Å². The summed E-state index contributed by atoms with van der Waals surface area (Å²) in [4.78, 5) is -0.888. The molecule has 0 spiro atoms. The van der Waals surface area contributed by atoms with E-state index in [4.69, 9.17) is 10.5 Å². The number of halogens is 4. The monoisotopic (exact) mass is 374 g/mol. The summed E-state index contributed by atoms with van der Waals surface area (Å²) in [5.74, 6) is -4.97. The third kappa shape index (κ3) is 3.80. The number of benzene rings is 1. The Balaban J connectivity index is 0.00000264. The van der Waals surface area contributed by atoms with E-state index in [1.54, 1.807) is 0 Å². The van der Waals surface area contributed by atoms with Crippen LogP contribution in [0.4, 0.5) is 13.2 Å². The fourth-order valence-corrected chi connectivity index (χ4v) is 4.29. The van der Waals surface area contributed by atoms with Crippen LogP contribution in [0.15, 0.2) is 17.0 Å². The molecule has 1 fully saturated rings. The molecule has 1 aromatic carbocycles. The molecule has 2 unspecified atom stereocenters. The molecule has 132 valence electrons. The number of hydrogen-bond acceptors (Lipinski definition) is 4. The van der Waals surface area contributed by atoms with Crippen LogP contribution < -0.4 is 5.73 Å². The number of ether oxygens (including phenoxy) is 1. The van der Waals surface area contributed by atoms with Crippen molar-refractivity contribution in [2.45, 2.75) is 29.9 Å². The molecule has 2 rings (SSSR count). The number of nitrogens with two attached hydrogens (primary N) is 1. The summed E-state index contributed by atoms with van der Waals surface area (Å²) >= 11 is 0. The van der Waals surface area contributed by atoms with Gasteiger partial charge in [-0.05, 0) is 25.0 Å². The minimum Gasteiger partial charge on any atom is -0.381 e. The molecule has 1 saturated heterocycles. The second-order valence-electron chi connectivity index (χ2n) is 5.06. The predicted molar refractivity (Wildman–Crippen MR) is 80.3 cm³/mol. The maximum Gasteiger partial charge on any atom is 0.246 e. The van der Waals surface area contributed by atoms with Gasteiger partial charge in [0.25, 0.3) is 0 Å². The van der Waals surface area contributed by atoms with Crippen LogP contribution in [0.2, 0.25) is 0 Å². The van der Waals surface area contributed by atoms with Crippen molar-refractivity contribution in [3.63, 3.8) is 0 Å². The Morgan fingerprint density at radius 3 is 2.52 bits per heavy atom. The van der Waals surface area contributed by atoms with Gasteiger partial charge >= 0.3 is 0 Å². The summed E-state index contributed by atoms with van der Waals surface area (Å²) in [6.07, 6.45) is 0.629. The average molecular weight is 375 g/mol. The van der Waals surface area contributed by atoms with Crippen molar-refractivity contribution in [1.29, 1.82) is 0 Å². The number of hydrogen-bond donors (Lipinski definition) is 1. The molecule has 0 aliphatic carbocycles. The summed E-state index contributed by atoms with van der Waals surface area (Å²) in [6.45, 7) is 0.0888. The summed E-state index contributed by atoms with van der Waals surface area (Å²) in [5, 5.41) is 0. The number of sulfonamides is 1. The van der Waals surface area contributed by atoms with Crippen LogP contribution in [0.5, 0.6) is 0 Å². The first-order valence-electron chi connectivity index (χ1n) is 6.71. The van der Waals surface area contributed by atoms with Crippen molar-refractivity contribution in [1.82, 2.24) is 4.31 Å². The average Bonchev–Trinajstić information content (AvgIpc) is 2.51. The maximum absolute atomic E-state index is 13.8. The highest BCUT2D eigenvalue weighted by molar-refractivity contribution is 7.89. The van der Waals surface area contributed by atoms with E-state index >= 15 is 0 Å². The van der Waals surface area contributed by atoms with E-state index in [0.29, 0.717) is 18.9 Å². The highest BCUT2D eigenvalue weighted by atomic mass is 35.5. The molecule has 1 aliphatic heterocycles. The molecule has 10 heteroatoms. The lowest BCUT2D eigenvalue weighted by molar-refractivity contribution is 0.0401. The first-order valence-corrected chi connectivity index (χ1v) is 8.15. The van der Waals surface area contributed by atoms with Crippen molar-refractivity contribution >= 4 is 22.4 Å². The zero-order valence-corrected chi connectivity index (χ0v) is 14.0. The molecule has 0 radical (unpaired) electrons. The number of nitrogens with zero attached hydrogens (tertiary/aromatic N) is 1. The molecular weight excluding hydrogens is 357 g/mol. The van der Waals surface area contributed by atoms with Crippen LogP contribution >= 0.6 is 12.4 Å². The zero-order valence-electron chi connectivity index (χ0n) is 12.3. The Kier molecular flexibility index (Phi) is 6.84. The minimum atomic E-state index is -4.31. The van der Waals surface area contributed by atoms with Gasteiger partial charge in [0.1, 0.15) is 4.90 Å². The molecule has 1 aromatic rings. The second kappa shape index (κ2) is 7.80. The summed E-state index contributed by atoms with van der Waals surface area (Å²) < 4.78 is 71.4. The molecule has 1 aliphatic rings. The first kappa shape index (κ1) is 20.2. The smallest absolute Gasteiger partial charge is 0.246 e. The number of rotatable bonds is 4. The molecule has 23 heavy (non-hydrogen) atoms. The fraction of sp³-hybridized carbons (Fsp3) is 0.538. The molecule has 1 heterocycles. The van der Waals surface area contributed by atoms with Crippen LogP contribution in [0.3, 0.4) is 0 Å². The van der Waals surface area contributed by atoms with E-state index in [0.717, 1.165) is 10.4 Å². The SMILES string of the molecule is COC1CCN(S(=O)(=O)c2ccc(F)c(F)c2F)C(CN)C1.Cl. The lowest BCUT2D eigenvalue weighted by Crippen LogP contribution is -2.51. The summed E-state index contributed by atoms with van der Waals surface area (Å²) in [5.41, 5.74) is 5.59. The van der Waals surface area contributed by atoms with Crippen molar-refractivity contribution < 1.29 is 26.3 Å². The van der Waals surface area contributed by atoms with Crippen molar-refractivity contribution in [2.75, 3.05) is 20.2 Å². The Hall–Kier alpha value is -0.870. The van der Waals surface area contributed by atoms with Crippen molar-refractivity contribution in [3.8, 4) is 0 Å². The summed E-state index contributed by atoms with van der Waals surface area (Å²) in [7, 11) is -2.80. The Morgan fingerprint density at radius 1 is 1.30 bits per heavy atom. The van der Waals surface area contributed by atoms with Crippen molar-refractivity contribution in [2.24, 2.45) is 5.73 Å². The lowest BCUT2D eigenvalue weighted by Gasteiger charge is -2.37. The topological polar surface area (TPSA) is 72.6 Å². The van der Waals surface area contributed by atoms with Gasteiger partial charge in [0, 0.05) is 26.2 Å². The van der Waals surface area contributed by atoms with Gasteiger partial charge in [0.05, 0.1) is 6.10 Å². The molecule has 0 amide bonds. The van der Waals surface area contributed by atoms with Gasteiger partial charge in [-0.1, -0.05) is 0 Å². The molecule has 5 nitrogen and oxygen atoms in total. The molecule has 0 saturated carbocycles. The van der Waals surface area contributed by atoms with Gasteiger partial charge in [-0.3, -0.25) is 0 Å². The second-order valence-corrected chi connectivity index (χ2v) is 6.92. The third-order valence-electron chi connectivity index (χ3n) is 3.81. The van der Waals surface area contributed by atoms with Gasteiger partial charge in [0.15, 0.2) is 17.5 Å². The fourth-order valence-electron chi connectivity index (χ4n) is 2.57. The quantitative estimate of drug-likeness (QED) is 0.813. The Morgan fingerprint density at radius 2 is 1.96 bits per heavy atom. The van der Waals surface area contributed by atoms with Gasteiger partial charge in [0.2, 0.25) is 10.0 Å². The van der Waals surface area contributed by atoms with Crippen LogP contribution in [0.1, 0.15) is 12.8 Å². The Labute approximate surface area is 139 Å². The minimum absolute atomic E-state index is 0. The normalized spacial score (nSPS) is 22.7. The van der Waals surface area contributed by atoms with Crippen LogP contribution in [0, 0.1) is 17.5 Å². The zero-order chi connectivity index (χ0) is 16.5. The molecule has 2 N–H and O–H groups in total. The third-order valence-corrected chi connectivity index (χ3v) is 5.77. The van der Waals surface area contributed by atoms with E-state index < -0.39 is 38.4 Å².